The van der Waals surface area contributed by atoms with E-state index >= 15 is 0 Å². The van der Waals surface area contributed by atoms with Gasteiger partial charge in [0.15, 0.2) is 6.61 Å². The molecule has 27 heavy (non-hydrogen) atoms. The van der Waals surface area contributed by atoms with Gasteiger partial charge in [-0.25, -0.2) is 8.42 Å². The van der Waals surface area contributed by atoms with Crippen molar-refractivity contribution in [3.63, 3.8) is 0 Å². The van der Waals surface area contributed by atoms with E-state index in [9.17, 15) is 13.2 Å². The van der Waals surface area contributed by atoms with Crippen LogP contribution in [0.4, 0.5) is 5.69 Å². The van der Waals surface area contributed by atoms with Crippen LogP contribution in [0.25, 0.3) is 0 Å². The molecule has 8 heteroatoms. The molecule has 1 amide bonds. The van der Waals surface area contributed by atoms with E-state index < -0.39 is 10.0 Å². The van der Waals surface area contributed by atoms with Crippen LogP contribution in [0, 0.1) is 6.92 Å². The predicted molar refractivity (Wildman–Crippen MR) is 105 cm³/mol. The molecule has 1 N–H and O–H groups in total. The van der Waals surface area contributed by atoms with Crippen LogP contribution in [0.2, 0.25) is 0 Å². The minimum absolute atomic E-state index is 0.133. The Balaban J connectivity index is 1.71. The van der Waals surface area contributed by atoms with E-state index in [1.54, 1.807) is 24.3 Å². The van der Waals surface area contributed by atoms with Gasteiger partial charge in [-0.15, -0.1) is 0 Å². The molecule has 0 unspecified atom stereocenters. The highest BCUT2D eigenvalue weighted by Crippen LogP contribution is 2.20. The summed E-state index contributed by atoms with van der Waals surface area (Å²) in [6.45, 7) is 2.58. The average Bonchev–Trinajstić information content (AvgIpc) is 2.63. The van der Waals surface area contributed by atoms with E-state index in [1.807, 2.05) is 31.2 Å². The zero-order valence-electron chi connectivity index (χ0n) is 15.6. The van der Waals surface area contributed by atoms with E-state index in [4.69, 9.17) is 9.47 Å². The second kappa shape index (κ2) is 9.27. The van der Waals surface area contributed by atoms with Gasteiger partial charge in [-0.2, -0.15) is 0 Å². The number of amides is 1. The zero-order chi connectivity index (χ0) is 19.9. The Labute approximate surface area is 160 Å². The van der Waals surface area contributed by atoms with Crippen molar-refractivity contribution in [2.45, 2.75) is 6.92 Å². The summed E-state index contributed by atoms with van der Waals surface area (Å²) in [5.74, 6) is 0.978. The first-order chi connectivity index (χ1) is 12.8. The fourth-order valence-electron chi connectivity index (χ4n) is 2.21. The lowest BCUT2D eigenvalue weighted by Gasteiger charge is -2.16. The molecule has 2 rings (SSSR count). The Kier molecular flexibility index (Phi) is 7.06. The fraction of sp³-hybridized carbons (Fsp3) is 0.316. The minimum atomic E-state index is -3.31. The lowest BCUT2D eigenvalue weighted by molar-refractivity contribution is -0.123. The van der Waals surface area contributed by atoms with Gasteiger partial charge in [-0.05, 0) is 48.9 Å². The lowest BCUT2D eigenvalue weighted by Crippen LogP contribution is -2.32. The molecule has 0 aliphatic carbocycles. The molecule has 0 aliphatic rings. The van der Waals surface area contributed by atoms with Crippen LogP contribution >= 0.6 is 0 Å². The first-order valence-electron chi connectivity index (χ1n) is 8.38. The first-order valence-corrected chi connectivity index (χ1v) is 10.2. The molecule has 0 bridgehead atoms. The monoisotopic (exact) mass is 392 g/mol. The number of sulfonamides is 1. The van der Waals surface area contributed by atoms with Gasteiger partial charge < -0.3 is 14.8 Å². The maximum absolute atomic E-state index is 11.8. The number of carbonyl (C=O) groups excluding carboxylic acids is 1. The fourth-order valence-corrected chi connectivity index (χ4v) is 2.71. The van der Waals surface area contributed by atoms with Crippen molar-refractivity contribution in [3.8, 4) is 11.5 Å². The highest BCUT2D eigenvalue weighted by atomic mass is 32.2. The van der Waals surface area contributed by atoms with Gasteiger partial charge in [0.25, 0.3) is 5.91 Å². The summed E-state index contributed by atoms with van der Waals surface area (Å²) in [7, 11) is -1.84. The molecular formula is C19H24N2O5S. The van der Waals surface area contributed by atoms with E-state index in [0.717, 1.165) is 21.9 Å². The van der Waals surface area contributed by atoms with E-state index in [0.29, 0.717) is 24.6 Å². The number of nitrogens with zero attached hydrogens (tertiary/aromatic N) is 1. The molecule has 7 nitrogen and oxygen atoms in total. The second-order valence-corrected chi connectivity index (χ2v) is 8.04. The van der Waals surface area contributed by atoms with Crippen LogP contribution in [0.3, 0.4) is 0 Å². The summed E-state index contributed by atoms with van der Waals surface area (Å²) in [4.78, 5) is 11.8. The highest BCUT2D eigenvalue weighted by molar-refractivity contribution is 7.92. The summed E-state index contributed by atoms with van der Waals surface area (Å²) in [5, 5.41) is 2.71. The minimum Gasteiger partial charge on any atom is -0.492 e. The van der Waals surface area contributed by atoms with E-state index in [2.05, 4.69) is 5.32 Å². The highest BCUT2D eigenvalue weighted by Gasteiger charge is 2.11. The smallest absolute Gasteiger partial charge is 0.258 e. The van der Waals surface area contributed by atoms with Crippen LogP contribution in [0.15, 0.2) is 48.5 Å². The molecule has 0 spiro atoms. The molecule has 2 aromatic rings. The van der Waals surface area contributed by atoms with Crippen molar-refractivity contribution < 1.29 is 22.7 Å². The zero-order valence-corrected chi connectivity index (χ0v) is 16.5. The second-order valence-electron chi connectivity index (χ2n) is 6.03. The molecule has 146 valence electrons. The van der Waals surface area contributed by atoms with Crippen LogP contribution in [0.1, 0.15) is 5.56 Å². The normalized spacial score (nSPS) is 10.9. The molecule has 0 radical (unpaired) electrons. The molecule has 0 saturated carbocycles. The number of carbonyl (C=O) groups is 1. The van der Waals surface area contributed by atoms with Gasteiger partial charge in [-0.3, -0.25) is 9.10 Å². The summed E-state index contributed by atoms with van der Waals surface area (Å²) in [5.41, 5.74) is 1.63. The quantitative estimate of drug-likeness (QED) is 0.660. The third-order valence-electron chi connectivity index (χ3n) is 3.75. The summed E-state index contributed by atoms with van der Waals surface area (Å²) < 4.78 is 35.1. The largest absolute Gasteiger partial charge is 0.492 e. The summed E-state index contributed by atoms with van der Waals surface area (Å²) in [6.07, 6.45) is 1.13. The molecule has 0 aromatic heterocycles. The molecular weight excluding hydrogens is 368 g/mol. The number of rotatable bonds is 9. The SMILES string of the molecule is Cc1cccc(OCCNC(=O)COc2ccc(N(C)S(C)(=O)=O)cc2)c1. The van der Waals surface area contributed by atoms with Gasteiger partial charge in [0.05, 0.1) is 18.5 Å². The van der Waals surface area contributed by atoms with E-state index in [1.165, 1.54) is 7.05 Å². The van der Waals surface area contributed by atoms with Crippen molar-refractivity contribution in [1.82, 2.24) is 5.32 Å². The molecule has 0 saturated heterocycles. The Hall–Kier alpha value is -2.74. The number of anilines is 1. The number of nitrogens with one attached hydrogen (secondary N) is 1. The average molecular weight is 392 g/mol. The van der Waals surface area contributed by atoms with Gasteiger partial charge in [0, 0.05) is 7.05 Å². The molecule has 0 aliphatic heterocycles. The standard InChI is InChI=1S/C19H24N2O5S/c1-15-5-4-6-18(13-15)25-12-11-20-19(22)14-26-17-9-7-16(8-10-17)21(2)27(3,23)24/h4-10,13H,11-12,14H2,1-3H3,(H,20,22). The Morgan fingerprint density at radius 1 is 1.07 bits per heavy atom. The Bertz CT molecular complexity index is 866. The van der Waals surface area contributed by atoms with Crippen LogP contribution in [0.5, 0.6) is 11.5 Å². The molecule has 0 heterocycles. The predicted octanol–water partition coefficient (Wildman–Crippen LogP) is 1.96. The number of benzene rings is 2. The van der Waals surface area contributed by atoms with Crippen molar-refractivity contribution in [1.29, 1.82) is 0 Å². The van der Waals surface area contributed by atoms with Crippen molar-refractivity contribution >= 4 is 21.6 Å². The maximum Gasteiger partial charge on any atom is 0.258 e. The number of hydrogen-bond donors (Lipinski definition) is 1. The number of ether oxygens (including phenoxy) is 2. The van der Waals surface area contributed by atoms with Crippen molar-refractivity contribution in [2.24, 2.45) is 0 Å². The number of hydrogen-bond acceptors (Lipinski definition) is 5. The van der Waals surface area contributed by atoms with Crippen LogP contribution in [-0.4, -0.2) is 47.4 Å². The van der Waals surface area contributed by atoms with Crippen LogP contribution in [-0.2, 0) is 14.8 Å². The summed E-state index contributed by atoms with van der Waals surface area (Å²) >= 11 is 0. The molecule has 0 atom stereocenters. The Morgan fingerprint density at radius 3 is 2.41 bits per heavy atom. The Morgan fingerprint density at radius 2 is 1.78 bits per heavy atom. The number of aryl methyl sites for hydroxylation is 1. The van der Waals surface area contributed by atoms with Crippen LogP contribution < -0.4 is 19.1 Å². The van der Waals surface area contributed by atoms with E-state index in [-0.39, 0.29) is 12.5 Å². The third kappa shape index (κ3) is 6.82. The van der Waals surface area contributed by atoms with Gasteiger partial charge in [0.2, 0.25) is 10.0 Å². The van der Waals surface area contributed by atoms with Gasteiger partial charge >= 0.3 is 0 Å². The molecule has 0 fully saturated rings. The maximum atomic E-state index is 11.8. The van der Waals surface area contributed by atoms with Crippen molar-refractivity contribution in [3.05, 3.63) is 54.1 Å². The summed E-state index contributed by atoms with van der Waals surface area (Å²) in [6, 6.07) is 14.1. The lowest BCUT2D eigenvalue weighted by atomic mass is 10.2. The molecule has 2 aromatic carbocycles. The van der Waals surface area contributed by atoms with Gasteiger partial charge in [-0.1, -0.05) is 12.1 Å². The topological polar surface area (TPSA) is 84.9 Å². The van der Waals surface area contributed by atoms with Crippen molar-refractivity contribution in [2.75, 3.05) is 37.4 Å². The first kappa shape index (κ1) is 20.6. The van der Waals surface area contributed by atoms with Gasteiger partial charge in [0.1, 0.15) is 18.1 Å². The third-order valence-corrected chi connectivity index (χ3v) is 4.96.